The number of nitrogens with one attached hydrogen (secondary N) is 1. The third kappa shape index (κ3) is 2.56. The molecule has 1 aliphatic rings. The molecule has 0 fully saturated rings. The Morgan fingerprint density at radius 3 is 3.00 bits per heavy atom. The summed E-state index contributed by atoms with van der Waals surface area (Å²) in [5.41, 5.74) is 2.69. The average molecular weight is 219 g/mol. The van der Waals surface area contributed by atoms with E-state index in [2.05, 4.69) is 25.2 Å². The maximum atomic E-state index is 9.56. The van der Waals surface area contributed by atoms with Gasteiger partial charge in [0.2, 0.25) is 0 Å². The lowest BCUT2D eigenvalue weighted by Crippen LogP contribution is -2.28. The Bertz CT molecular complexity index is 360. The van der Waals surface area contributed by atoms with Gasteiger partial charge in [-0.15, -0.1) is 0 Å². The largest absolute Gasteiger partial charge is 0.508 e. The normalized spacial score (nSPS) is 19.8. The molecule has 0 heterocycles. The molecule has 0 bridgehead atoms. The Labute approximate surface area is 97.7 Å². The molecule has 0 spiro atoms. The monoisotopic (exact) mass is 219 g/mol. The van der Waals surface area contributed by atoms with E-state index in [1.165, 1.54) is 24.0 Å². The summed E-state index contributed by atoms with van der Waals surface area (Å²) < 4.78 is 0. The van der Waals surface area contributed by atoms with Crippen LogP contribution in [0, 0.1) is 5.92 Å². The first kappa shape index (κ1) is 11.5. The van der Waals surface area contributed by atoms with Gasteiger partial charge in [-0.25, -0.2) is 0 Å². The number of fused-ring (bicyclic) bond motifs is 1. The summed E-state index contributed by atoms with van der Waals surface area (Å²) in [6.45, 7) is 5.48. The smallest absolute Gasteiger partial charge is 0.115 e. The quantitative estimate of drug-likeness (QED) is 0.819. The van der Waals surface area contributed by atoms with Crippen LogP contribution in [0.2, 0.25) is 0 Å². The van der Waals surface area contributed by atoms with E-state index in [-0.39, 0.29) is 0 Å². The van der Waals surface area contributed by atoms with Crippen LogP contribution >= 0.6 is 0 Å². The number of hydrogen-bond donors (Lipinski definition) is 2. The van der Waals surface area contributed by atoms with Crippen molar-refractivity contribution in [2.45, 2.75) is 39.2 Å². The minimum atomic E-state index is 0.386. The molecular weight excluding hydrogens is 198 g/mol. The Kier molecular flexibility index (Phi) is 3.49. The second kappa shape index (κ2) is 4.88. The summed E-state index contributed by atoms with van der Waals surface area (Å²) in [7, 11) is 0. The van der Waals surface area contributed by atoms with Gasteiger partial charge in [-0.3, -0.25) is 0 Å². The van der Waals surface area contributed by atoms with Crippen molar-refractivity contribution in [3.63, 3.8) is 0 Å². The number of aromatic hydroxyl groups is 1. The van der Waals surface area contributed by atoms with Gasteiger partial charge >= 0.3 is 0 Å². The molecule has 1 atom stereocenters. The van der Waals surface area contributed by atoms with Crippen LogP contribution in [0.15, 0.2) is 18.2 Å². The summed E-state index contributed by atoms with van der Waals surface area (Å²) in [5.74, 6) is 1.06. The Morgan fingerprint density at radius 1 is 1.44 bits per heavy atom. The van der Waals surface area contributed by atoms with E-state index in [1.54, 1.807) is 6.07 Å². The molecule has 2 N–H and O–H groups in total. The van der Waals surface area contributed by atoms with E-state index in [9.17, 15) is 5.11 Å². The fourth-order valence-corrected chi connectivity index (χ4v) is 2.38. The molecule has 16 heavy (non-hydrogen) atoms. The molecule has 0 saturated heterocycles. The molecule has 1 aromatic carbocycles. The number of benzene rings is 1. The Morgan fingerprint density at radius 2 is 2.25 bits per heavy atom. The van der Waals surface area contributed by atoms with E-state index in [0.717, 1.165) is 13.0 Å². The standard InChI is InChI=1S/C14H21NO/c1-10(2)9-15-14-5-3-4-11-6-7-12(16)8-13(11)14/h6-8,10,14-16H,3-5,9H2,1-2H3. The molecule has 2 nitrogen and oxygen atoms in total. The molecule has 1 unspecified atom stereocenters. The minimum absolute atomic E-state index is 0.386. The van der Waals surface area contributed by atoms with Crippen LogP contribution in [0.4, 0.5) is 0 Å². The lowest BCUT2D eigenvalue weighted by Gasteiger charge is -2.27. The van der Waals surface area contributed by atoms with Crippen LogP contribution in [-0.2, 0) is 6.42 Å². The van der Waals surface area contributed by atoms with Crippen LogP contribution in [-0.4, -0.2) is 11.7 Å². The van der Waals surface area contributed by atoms with Crippen molar-refractivity contribution in [3.05, 3.63) is 29.3 Å². The van der Waals surface area contributed by atoms with E-state index >= 15 is 0 Å². The highest BCUT2D eigenvalue weighted by atomic mass is 16.3. The molecule has 1 aliphatic carbocycles. The zero-order chi connectivity index (χ0) is 11.5. The molecule has 88 valence electrons. The molecule has 0 saturated carbocycles. The maximum absolute atomic E-state index is 9.56. The predicted octanol–water partition coefficient (Wildman–Crippen LogP) is 3.02. The van der Waals surface area contributed by atoms with Crippen LogP contribution in [0.3, 0.4) is 0 Å². The highest BCUT2D eigenvalue weighted by Gasteiger charge is 2.20. The topological polar surface area (TPSA) is 32.3 Å². The molecule has 1 aromatic rings. The number of hydrogen-bond acceptors (Lipinski definition) is 2. The van der Waals surface area contributed by atoms with Gasteiger partial charge in [0.25, 0.3) is 0 Å². The fourth-order valence-electron chi connectivity index (χ4n) is 2.38. The number of aryl methyl sites for hydroxylation is 1. The van der Waals surface area contributed by atoms with Gasteiger partial charge in [0.05, 0.1) is 0 Å². The third-order valence-electron chi connectivity index (χ3n) is 3.22. The zero-order valence-corrected chi connectivity index (χ0v) is 10.2. The van der Waals surface area contributed by atoms with Crippen LogP contribution in [0.1, 0.15) is 43.9 Å². The van der Waals surface area contributed by atoms with Crippen molar-refractivity contribution >= 4 is 0 Å². The van der Waals surface area contributed by atoms with E-state index in [1.807, 2.05) is 6.07 Å². The maximum Gasteiger partial charge on any atom is 0.115 e. The van der Waals surface area contributed by atoms with Crippen LogP contribution < -0.4 is 5.32 Å². The van der Waals surface area contributed by atoms with Gasteiger partial charge in [0, 0.05) is 6.04 Å². The lowest BCUT2D eigenvalue weighted by atomic mass is 9.87. The molecule has 2 rings (SSSR count). The first-order valence-electron chi connectivity index (χ1n) is 6.22. The van der Waals surface area contributed by atoms with Crippen LogP contribution in [0.5, 0.6) is 5.75 Å². The first-order valence-corrected chi connectivity index (χ1v) is 6.22. The molecule has 0 radical (unpaired) electrons. The van der Waals surface area contributed by atoms with E-state index in [4.69, 9.17) is 0 Å². The number of rotatable bonds is 3. The Hall–Kier alpha value is -1.02. The van der Waals surface area contributed by atoms with Crippen molar-refractivity contribution in [3.8, 4) is 5.75 Å². The van der Waals surface area contributed by atoms with Gasteiger partial charge in [0.1, 0.15) is 5.75 Å². The number of phenols is 1. The van der Waals surface area contributed by atoms with E-state index < -0.39 is 0 Å². The van der Waals surface area contributed by atoms with Gasteiger partial charge in [-0.2, -0.15) is 0 Å². The van der Waals surface area contributed by atoms with Gasteiger partial charge in [-0.05, 0) is 55.0 Å². The molecule has 2 heteroatoms. The van der Waals surface area contributed by atoms with Crippen molar-refractivity contribution in [1.82, 2.24) is 5.32 Å². The van der Waals surface area contributed by atoms with Crippen molar-refractivity contribution in [2.24, 2.45) is 5.92 Å². The Balaban J connectivity index is 2.15. The highest BCUT2D eigenvalue weighted by Crippen LogP contribution is 2.32. The number of phenolic OH excluding ortho intramolecular Hbond substituents is 1. The van der Waals surface area contributed by atoms with Gasteiger partial charge in [0.15, 0.2) is 0 Å². The predicted molar refractivity (Wildman–Crippen MR) is 66.6 cm³/mol. The summed E-state index contributed by atoms with van der Waals surface area (Å²) in [6.07, 6.45) is 3.58. The zero-order valence-electron chi connectivity index (χ0n) is 10.2. The molecule has 0 aromatic heterocycles. The van der Waals surface area contributed by atoms with Crippen molar-refractivity contribution < 1.29 is 5.11 Å². The van der Waals surface area contributed by atoms with Crippen LogP contribution in [0.25, 0.3) is 0 Å². The lowest BCUT2D eigenvalue weighted by molar-refractivity contribution is 0.421. The SMILES string of the molecule is CC(C)CNC1CCCc2ccc(O)cc21. The fraction of sp³-hybridized carbons (Fsp3) is 0.571. The summed E-state index contributed by atoms with van der Waals surface area (Å²) in [5, 5.41) is 13.1. The molecular formula is C14H21NO. The summed E-state index contributed by atoms with van der Waals surface area (Å²) in [4.78, 5) is 0. The minimum Gasteiger partial charge on any atom is -0.508 e. The van der Waals surface area contributed by atoms with Gasteiger partial charge < -0.3 is 10.4 Å². The molecule has 0 aliphatic heterocycles. The first-order chi connectivity index (χ1) is 7.66. The third-order valence-corrected chi connectivity index (χ3v) is 3.22. The van der Waals surface area contributed by atoms with Gasteiger partial charge in [-0.1, -0.05) is 19.9 Å². The van der Waals surface area contributed by atoms with Crippen molar-refractivity contribution in [2.75, 3.05) is 6.54 Å². The van der Waals surface area contributed by atoms with E-state index in [0.29, 0.717) is 17.7 Å². The molecule has 0 amide bonds. The van der Waals surface area contributed by atoms with Crippen molar-refractivity contribution in [1.29, 1.82) is 0 Å². The summed E-state index contributed by atoms with van der Waals surface area (Å²) >= 11 is 0. The average Bonchev–Trinajstić information content (AvgIpc) is 2.26. The second-order valence-electron chi connectivity index (χ2n) is 5.13. The summed E-state index contributed by atoms with van der Waals surface area (Å²) in [6, 6.07) is 6.21. The highest BCUT2D eigenvalue weighted by molar-refractivity contribution is 5.38. The second-order valence-corrected chi connectivity index (χ2v) is 5.13.